The highest BCUT2D eigenvalue weighted by Gasteiger charge is 2.32. The molecule has 112 valence electrons. The first-order valence-corrected chi connectivity index (χ1v) is 7.31. The minimum absolute atomic E-state index is 0. The third kappa shape index (κ3) is 3.97. The van der Waals surface area contributed by atoms with Crippen molar-refractivity contribution in [1.82, 2.24) is 5.32 Å². The lowest BCUT2D eigenvalue weighted by molar-refractivity contribution is -0.126. The topological polar surface area (TPSA) is 55.1 Å². The molecule has 1 saturated carbocycles. The number of amides is 1. The number of hydrogen-bond acceptors (Lipinski definition) is 2. The van der Waals surface area contributed by atoms with E-state index in [-0.39, 0.29) is 30.3 Å². The van der Waals surface area contributed by atoms with Crippen molar-refractivity contribution in [2.45, 2.75) is 38.6 Å². The fourth-order valence-electron chi connectivity index (χ4n) is 3.05. The molecule has 0 heterocycles. The van der Waals surface area contributed by atoms with Crippen LogP contribution in [-0.4, -0.2) is 12.5 Å². The Hall–Kier alpha value is -1.06. The van der Waals surface area contributed by atoms with Crippen molar-refractivity contribution in [3.63, 3.8) is 0 Å². The molecular weight excluding hydrogens is 272 g/mol. The quantitative estimate of drug-likeness (QED) is 0.877. The first kappa shape index (κ1) is 17.0. The molecule has 2 rings (SSSR count). The van der Waals surface area contributed by atoms with Gasteiger partial charge in [-0.2, -0.15) is 0 Å². The summed E-state index contributed by atoms with van der Waals surface area (Å²) in [5, 5.41) is 3.19. The highest BCUT2D eigenvalue weighted by atomic mass is 35.5. The summed E-state index contributed by atoms with van der Waals surface area (Å²) in [4.78, 5) is 12.4. The van der Waals surface area contributed by atoms with Crippen molar-refractivity contribution in [2.24, 2.45) is 17.6 Å². The lowest BCUT2D eigenvalue weighted by Gasteiger charge is -2.22. The van der Waals surface area contributed by atoms with Crippen molar-refractivity contribution < 1.29 is 4.79 Å². The molecule has 20 heavy (non-hydrogen) atoms. The zero-order valence-corrected chi connectivity index (χ0v) is 12.9. The van der Waals surface area contributed by atoms with Gasteiger partial charge in [0.1, 0.15) is 0 Å². The highest BCUT2D eigenvalue weighted by Crippen LogP contribution is 2.31. The van der Waals surface area contributed by atoms with Gasteiger partial charge in [-0.05, 0) is 37.3 Å². The number of carbonyl (C=O) groups excluding carboxylic acids is 1. The molecule has 3 nitrogen and oxygen atoms in total. The second-order valence-electron chi connectivity index (χ2n) is 5.41. The van der Waals surface area contributed by atoms with Crippen LogP contribution in [0.4, 0.5) is 0 Å². The third-order valence-corrected chi connectivity index (χ3v) is 4.23. The summed E-state index contributed by atoms with van der Waals surface area (Å²) in [6.45, 7) is 2.73. The predicted molar refractivity (Wildman–Crippen MR) is 84.8 cm³/mol. The van der Waals surface area contributed by atoms with E-state index in [0.29, 0.717) is 12.5 Å². The fourth-order valence-corrected chi connectivity index (χ4v) is 3.05. The van der Waals surface area contributed by atoms with Gasteiger partial charge in [0.15, 0.2) is 0 Å². The van der Waals surface area contributed by atoms with Crippen LogP contribution in [0.3, 0.4) is 0 Å². The van der Waals surface area contributed by atoms with Gasteiger partial charge in [-0.3, -0.25) is 4.79 Å². The average Bonchev–Trinajstić information content (AvgIpc) is 2.94. The lowest BCUT2D eigenvalue weighted by atomic mass is 9.94. The van der Waals surface area contributed by atoms with E-state index in [2.05, 4.69) is 24.4 Å². The number of carbonyl (C=O) groups is 1. The van der Waals surface area contributed by atoms with Gasteiger partial charge in [-0.15, -0.1) is 12.4 Å². The molecule has 1 unspecified atom stereocenters. The molecule has 0 spiro atoms. The van der Waals surface area contributed by atoms with Gasteiger partial charge in [0.05, 0.1) is 6.04 Å². The molecule has 1 aromatic carbocycles. The van der Waals surface area contributed by atoms with E-state index < -0.39 is 0 Å². The fraction of sp³-hybridized carbons (Fsp3) is 0.562. The Bertz CT molecular complexity index is 410. The van der Waals surface area contributed by atoms with Crippen molar-refractivity contribution in [2.75, 3.05) is 6.54 Å². The minimum atomic E-state index is 0. The maximum atomic E-state index is 12.4. The first-order valence-electron chi connectivity index (χ1n) is 7.31. The molecule has 0 saturated heterocycles. The summed E-state index contributed by atoms with van der Waals surface area (Å²) < 4.78 is 0. The Morgan fingerprint density at radius 2 is 2.05 bits per heavy atom. The zero-order valence-electron chi connectivity index (χ0n) is 12.0. The van der Waals surface area contributed by atoms with Crippen molar-refractivity contribution in [3.05, 3.63) is 35.9 Å². The van der Waals surface area contributed by atoms with Crippen molar-refractivity contribution in [3.8, 4) is 0 Å². The molecule has 1 aliphatic rings. The maximum absolute atomic E-state index is 12.4. The van der Waals surface area contributed by atoms with E-state index in [1.54, 1.807) is 0 Å². The molecule has 1 amide bonds. The Morgan fingerprint density at radius 3 is 2.65 bits per heavy atom. The van der Waals surface area contributed by atoms with E-state index >= 15 is 0 Å². The molecule has 0 aliphatic heterocycles. The van der Waals surface area contributed by atoms with Gasteiger partial charge in [0, 0.05) is 5.92 Å². The normalized spacial score (nSPS) is 22.9. The van der Waals surface area contributed by atoms with Crippen LogP contribution in [-0.2, 0) is 4.79 Å². The van der Waals surface area contributed by atoms with Crippen LogP contribution in [0.5, 0.6) is 0 Å². The molecule has 1 fully saturated rings. The molecule has 0 radical (unpaired) electrons. The number of halogens is 1. The van der Waals surface area contributed by atoms with E-state index in [1.807, 2.05) is 18.2 Å². The molecular formula is C16H25ClN2O. The summed E-state index contributed by atoms with van der Waals surface area (Å²) in [6.07, 6.45) is 4.12. The summed E-state index contributed by atoms with van der Waals surface area (Å²) in [5.74, 6) is 0.666. The van der Waals surface area contributed by atoms with Gasteiger partial charge >= 0.3 is 0 Å². The molecule has 1 aromatic rings. The van der Waals surface area contributed by atoms with Crippen LogP contribution in [0.15, 0.2) is 30.3 Å². The molecule has 1 aliphatic carbocycles. The van der Waals surface area contributed by atoms with Gasteiger partial charge in [0.25, 0.3) is 0 Å². The largest absolute Gasteiger partial charge is 0.349 e. The molecule has 0 aromatic heterocycles. The van der Waals surface area contributed by atoms with Crippen LogP contribution < -0.4 is 11.1 Å². The minimum Gasteiger partial charge on any atom is -0.349 e. The SMILES string of the molecule is CCC(NC(=O)[C@@H]1CCC[C@@H]1CN)c1ccccc1.Cl. The van der Waals surface area contributed by atoms with Crippen LogP contribution in [0.25, 0.3) is 0 Å². The molecule has 0 bridgehead atoms. The van der Waals surface area contributed by atoms with E-state index in [4.69, 9.17) is 5.73 Å². The number of rotatable bonds is 5. The third-order valence-electron chi connectivity index (χ3n) is 4.23. The second kappa shape index (κ2) is 8.28. The maximum Gasteiger partial charge on any atom is 0.223 e. The van der Waals surface area contributed by atoms with Gasteiger partial charge in [0.2, 0.25) is 5.91 Å². The van der Waals surface area contributed by atoms with Crippen LogP contribution in [0.2, 0.25) is 0 Å². The monoisotopic (exact) mass is 296 g/mol. The zero-order chi connectivity index (χ0) is 13.7. The second-order valence-corrected chi connectivity index (χ2v) is 5.41. The van der Waals surface area contributed by atoms with Crippen LogP contribution >= 0.6 is 12.4 Å². The van der Waals surface area contributed by atoms with Crippen molar-refractivity contribution >= 4 is 18.3 Å². The summed E-state index contributed by atoms with van der Waals surface area (Å²) >= 11 is 0. The van der Waals surface area contributed by atoms with E-state index in [1.165, 1.54) is 5.56 Å². The number of benzene rings is 1. The van der Waals surface area contributed by atoms with Crippen molar-refractivity contribution in [1.29, 1.82) is 0 Å². The Labute approximate surface area is 127 Å². The summed E-state index contributed by atoms with van der Waals surface area (Å²) in [6, 6.07) is 10.3. The molecule has 3 N–H and O–H groups in total. The van der Waals surface area contributed by atoms with Gasteiger partial charge < -0.3 is 11.1 Å². The Morgan fingerprint density at radius 1 is 1.35 bits per heavy atom. The smallest absolute Gasteiger partial charge is 0.223 e. The van der Waals surface area contributed by atoms with E-state index in [9.17, 15) is 4.79 Å². The van der Waals surface area contributed by atoms with Crippen LogP contribution in [0, 0.1) is 11.8 Å². The lowest BCUT2D eigenvalue weighted by Crippen LogP contribution is -2.37. The standard InChI is InChI=1S/C16H24N2O.ClH/c1-2-15(12-7-4-3-5-8-12)18-16(19)14-10-6-9-13(14)11-17;/h3-5,7-8,13-15H,2,6,9-11,17H2,1H3,(H,18,19);1H/t13-,14-,15?;/m1./s1. The number of hydrogen-bond donors (Lipinski definition) is 2. The molecule has 4 heteroatoms. The molecule has 3 atom stereocenters. The van der Waals surface area contributed by atoms with Crippen LogP contribution in [0.1, 0.15) is 44.2 Å². The summed E-state index contributed by atoms with van der Waals surface area (Å²) in [7, 11) is 0. The highest BCUT2D eigenvalue weighted by molar-refractivity contribution is 5.85. The predicted octanol–water partition coefficient (Wildman–Crippen LogP) is 3.05. The van der Waals surface area contributed by atoms with Gasteiger partial charge in [-0.1, -0.05) is 43.7 Å². The Balaban J connectivity index is 0.00000200. The average molecular weight is 297 g/mol. The first-order chi connectivity index (χ1) is 9.26. The van der Waals surface area contributed by atoms with Gasteiger partial charge in [-0.25, -0.2) is 0 Å². The number of nitrogens with two attached hydrogens (primary N) is 1. The number of nitrogens with one attached hydrogen (secondary N) is 1. The summed E-state index contributed by atoms with van der Waals surface area (Å²) in [5.41, 5.74) is 6.94. The Kier molecular flexibility index (Phi) is 7.03. The van der Waals surface area contributed by atoms with E-state index in [0.717, 1.165) is 25.7 Å².